The van der Waals surface area contributed by atoms with Crippen LogP contribution in [-0.2, 0) is 16.0 Å². The van der Waals surface area contributed by atoms with E-state index in [-0.39, 0.29) is 17.9 Å². The maximum atomic E-state index is 12.5. The number of benzene rings is 1. The van der Waals surface area contributed by atoms with Crippen LogP contribution in [0.2, 0.25) is 0 Å². The predicted molar refractivity (Wildman–Crippen MR) is 114 cm³/mol. The van der Waals surface area contributed by atoms with Crippen molar-refractivity contribution in [1.29, 1.82) is 0 Å². The molecule has 5 nitrogen and oxygen atoms in total. The van der Waals surface area contributed by atoms with Crippen LogP contribution in [0.1, 0.15) is 43.2 Å². The largest absolute Gasteiger partial charge is 0.354 e. The molecular weight excluding hydrogens is 370 g/mol. The number of hydrogen-bond donors (Lipinski definition) is 2. The highest BCUT2D eigenvalue weighted by molar-refractivity contribution is 7.10. The molecular formula is C22H29N3O2S. The summed E-state index contributed by atoms with van der Waals surface area (Å²) in [6, 6.07) is 11.9. The lowest BCUT2D eigenvalue weighted by Crippen LogP contribution is -2.41. The summed E-state index contributed by atoms with van der Waals surface area (Å²) >= 11 is 1.76. The number of rotatable bonds is 7. The Hall–Kier alpha value is -2.18. The molecule has 0 saturated carbocycles. The molecule has 2 aromatic rings. The van der Waals surface area contributed by atoms with Gasteiger partial charge < -0.3 is 10.6 Å². The number of nitrogens with one attached hydrogen (secondary N) is 2. The summed E-state index contributed by atoms with van der Waals surface area (Å²) < 4.78 is 0. The number of hydrogen-bond acceptors (Lipinski definition) is 4. The second-order valence-electron chi connectivity index (χ2n) is 7.61. The van der Waals surface area contributed by atoms with Gasteiger partial charge in [-0.1, -0.05) is 25.1 Å². The van der Waals surface area contributed by atoms with Gasteiger partial charge in [0.05, 0.1) is 12.5 Å². The van der Waals surface area contributed by atoms with E-state index in [1.54, 1.807) is 11.3 Å². The summed E-state index contributed by atoms with van der Waals surface area (Å²) in [7, 11) is 0. The molecule has 1 fully saturated rings. The quantitative estimate of drug-likeness (QED) is 0.744. The first-order chi connectivity index (χ1) is 13.5. The molecule has 1 aromatic heterocycles. The molecule has 0 spiro atoms. The SMILES string of the molecule is CC(=O)Nc1ccc(CC(=O)NCC(c2cccs2)N2CCC(C)CC2)cc1. The summed E-state index contributed by atoms with van der Waals surface area (Å²) in [6.45, 7) is 6.61. The normalized spacial score (nSPS) is 16.5. The van der Waals surface area contributed by atoms with Gasteiger partial charge in [-0.05, 0) is 61.0 Å². The van der Waals surface area contributed by atoms with Crippen molar-refractivity contribution >= 4 is 28.8 Å². The van der Waals surface area contributed by atoms with Gasteiger partial charge >= 0.3 is 0 Å². The third-order valence-corrected chi connectivity index (χ3v) is 6.24. The first-order valence-electron chi connectivity index (χ1n) is 9.92. The van der Waals surface area contributed by atoms with Crippen LogP contribution in [0.5, 0.6) is 0 Å². The Morgan fingerprint density at radius 2 is 1.89 bits per heavy atom. The molecule has 0 bridgehead atoms. The summed E-state index contributed by atoms with van der Waals surface area (Å²) in [5.41, 5.74) is 1.68. The van der Waals surface area contributed by atoms with Gasteiger partial charge in [0.1, 0.15) is 0 Å². The number of anilines is 1. The lowest BCUT2D eigenvalue weighted by Gasteiger charge is -2.36. The molecule has 6 heteroatoms. The molecule has 1 unspecified atom stereocenters. The van der Waals surface area contributed by atoms with Crippen molar-refractivity contribution in [3.8, 4) is 0 Å². The first-order valence-corrected chi connectivity index (χ1v) is 10.8. The Balaban J connectivity index is 1.55. The third kappa shape index (κ3) is 5.91. The van der Waals surface area contributed by atoms with E-state index in [0.29, 0.717) is 13.0 Å². The van der Waals surface area contributed by atoms with Crippen molar-refractivity contribution in [2.45, 2.75) is 39.2 Å². The van der Waals surface area contributed by atoms with Gasteiger partial charge in [-0.2, -0.15) is 0 Å². The lowest BCUT2D eigenvalue weighted by molar-refractivity contribution is -0.120. The second-order valence-corrected chi connectivity index (χ2v) is 8.59. The third-order valence-electron chi connectivity index (χ3n) is 5.26. The van der Waals surface area contributed by atoms with Gasteiger partial charge in [0, 0.05) is 24.0 Å². The average molecular weight is 400 g/mol. The van der Waals surface area contributed by atoms with Crippen molar-refractivity contribution in [1.82, 2.24) is 10.2 Å². The van der Waals surface area contributed by atoms with Gasteiger partial charge in [-0.3, -0.25) is 14.5 Å². The van der Waals surface area contributed by atoms with E-state index in [9.17, 15) is 9.59 Å². The fraction of sp³-hybridized carbons (Fsp3) is 0.455. The van der Waals surface area contributed by atoms with Crippen LogP contribution in [0, 0.1) is 5.92 Å². The molecule has 1 aromatic carbocycles. The highest BCUT2D eigenvalue weighted by Crippen LogP contribution is 2.29. The van der Waals surface area contributed by atoms with Gasteiger partial charge in [0.25, 0.3) is 0 Å². The highest BCUT2D eigenvalue weighted by atomic mass is 32.1. The monoisotopic (exact) mass is 399 g/mol. The Bertz CT molecular complexity index is 766. The molecule has 2 N–H and O–H groups in total. The van der Waals surface area contributed by atoms with Crippen LogP contribution < -0.4 is 10.6 Å². The van der Waals surface area contributed by atoms with E-state index < -0.39 is 0 Å². The molecule has 1 atom stereocenters. The number of carbonyl (C=O) groups is 2. The van der Waals surface area contributed by atoms with Gasteiger partial charge in [-0.25, -0.2) is 0 Å². The minimum atomic E-state index is -0.0998. The first kappa shape index (κ1) is 20.6. The summed E-state index contributed by atoms with van der Waals surface area (Å²) in [5, 5.41) is 7.97. The molecule has 1 aliphatic heterocycles. The van der Waals surface area contributed by atoms with Crippen molar-refractivity contribution in [2.75, 3.05) is 25.0 Å². The second kappa shape index (κ2) is 9.85. The van der Waals surface area contributed by atoms with Crippen LogP contribution in [0.25, 0.3) is 0 Å². The fourth-order valence-electron chi connectivity index (χ4n) is 3.60. The van der Waals surface area contributed by atoms with Crippen LogP contribution in [-0.4, -0.2) is 36.3 Å². The molecule has 150 valence electrons. The van der Waals surface area contributed by atoms with Gasteiger partial charge in [0.2, 0.25) is 11.8 Å². The van der Waals surface area contributed by atoms with Crippen molar-refractivity contribution in [3.63, 3.8) is 0 Å². The molecule has 1 aliphatic rings. The molecule has 0 aliphatic carbocycles. The zero-order valence-corrected chi connectivity index (χ0v) is 17.4. The topological polar surface area (TPSA) is 61.4 Å². The highest BCUT2D eigenvalue weighted by Gasteiger charge is 2.25. The van der Waals surface area contributed by atoms with Gasteiger partial charge in [0.15, 0.2) is 0 Å². The number of piperidine rings is 1. The average Bonchev–Trinajstić information content (AvgIpc) is 3.19. The predicted octanol–water partition coefficient (Wildman–Crippen LogP) is 3.84. The van der Waals surface area contributed by atoms with E-state index in [1.165, 1.54) is 24.6 Å². The lowest BCUT2D eigenvalue weighted by atomic mass is 9.97. The summed E-state index contributed by atoms with van der Waals surface area (Å²) in [6.07, 6.45) is 2.78. The Morgan fingerprint density at radius 1 is 1.18 bits per heavy atom. The molecule has 3 rings (SSSR count). The number of nitrogens with zero attached hydrogens (tertiary/aromatic N) is 1. The van der Waals surface area contributed by atoms with Gasteiger partial charge in [-0.15, -0.1) is 11.3 Å². The van der Waals surface area contributed by atoms with Crippen molar-refractivity contribution < 1.29 is 9.59 Å². The summed E-state index contributed by atoms with van der Waals surface area (Å²) in [5.74, 6) is 0.715. The van der Waals surface area contributed by atoms with E-state index in [0.717, 1.165) is 30.3 Å². The zero-order chi connectivity index (χ0) is 19.9. The molecule has 0 radical (unpaired) electrons. The van der Waals surface area contributed by atoms with Crippen molar-refractivity contribution in [2.24, 2.45) is 5.92 Å². The van der Waals surface area contributed by atoms with E-state index in [1.807, 2.05) is 24.3 Å². The molecule has 2 amide bonds. The smallest absolute Gasteiger partial charge is 0.224 e. The minimum Gasteiger partial charge on any atom is -0.354 e. The van der Waals surface area contributed by atoms with Crippen LogP contribution in [0.3, 0.4) is 0 Å². The van der Waals surface area contributed by atoms with Crippen LogP contribution >= 0.6 is 11.3 Å². The maximum Gasteiger partial charge on any atom is 0.224 e. The minimum absolute atomic E-state index is 0.0270. The van der Waals surface area contributed by atoms with E-state index in [2.05, 4.69) is 40.0 Å². The van der Waals surface area contributed by atoms with Crippen LogP contribution in [0.15, 0.2) is 41.8 Å². The number of carbonyl (C=O) groups excluding carboxylic acids is 2. The summed E-state index contributed by atoms with van der Waals surface area (Å²) in [4.78, 5) is 27.4. The number of likely N-dealkylation sites (tertiary alicyclic amines) is 1. The number of thiophene rings is 1. The number of amides is 2. The Labute approximate surface area is 171 Å². The van der Waals surface area contributed by atoms with Crippen LogP contribution in [0.4, 0.5) is 5.69 Å². The van der Waals surface area contributed by atoms with E-state index in [4.69, 9.17) is 0 Å². The zero-order valence-electron chi connectivity index (χ0n) is 16.6. The standard InChI is InChI=1S/C22H29N3O2S/c1-16-9-11-25(12-10-16)20(21-4-3-13-28-21)15-23-22(27)14-18-5-7-19(8-6-18)24-17(2)26/h3-8,13,16,20H,9-12,14-15H2,1-2H3,(H,23,27)(H,24,26). The molecule has 2 heterocycles. The Kier molecular flexibility index (Phi) is 7.23. The molecule has 1 saturated heterocycles. The van der Waals surface area contributed by atoms with Crippen molar-refractivity contribution in [3.05, 3.63) is 52.2 Å². The maximum absolute atomic E-state index is 12.5. The molecule has 28 heavy (non-hydrogen) atoms. The fourth-order valence-corrected chi connectivity index (χ4v) is 4.46. The van der Waals surface area contributed by atoms with E-state index >= 15 is 0 Å². The Morgan fingerprint density at radius 3 is 2.50 bits per heavy atom.